The minimum atomic E-state index is 0.101. The molecule has 0 saturated heterocycles. The first kappa shape index (κ1) is 13.1. The lowest BCUT2D eigenvalue weighted by atomic mass is 10.1. The number of aromatic nitrogens is 2. The number of thiazole rings is 1. The van der Waals surface area contributed by atoms with Crippen molar-refractivity contribution in [1.29, 1.82) is 0 Å². The summed E-state index contributed by atoms with van der Waals surface area (Å²) in [5.41, 5.74) is 8.07. The second-order valence-corrected chi connectivity index (χ2v) is 5.57. The molecule has 0 aliphatic rings. The van der Waals surface area contributed by atoms with Gasteiger partial charge in [0.15, 0.2) is 4.96 Å². The summed E-state index contributed by atoms with van der Waals surface area (Å²) >= 11 is 1.62. The van der Waals surface area contributed by atoms with Gasteiger partial charge in [0, 0.05) is 23.8 Å². The van der Waals surface area contributed by atoms with Crippen LogP contribution in [0.1, 0.15) is 30.6 Å². The van der Waals surface area contributed by atoms with Crippen molar-refractivity contribution in [1.82, 2.24) is 9.38 Å². The molecule has 0 fully saturated rings. The third kappa shape index (κ3) is 2.69. The van der Waals surface area contributed by atoms with E-state index in [1.165, 1.54) is 0 Å². The topological polar surface area (TPSA) is 52.5 Å². The molecule has 4 nitrogen and oxygen atoms in total. The van der Waals surface area contributed by atoms with Gasteiger partial charge in [0.25, 0.3) is 0 Å². The van der Waals surface area contributed by atoms with Gasteiger partial charge in [-0.2, -0.15) is 0 Å². The van der Waals surface area contributed by atoms with E-state index >= 15 is 0 Å². The van der Waals surface area contributed by atoms with E-state index in [0.717, 1.165) is 28.4 Å². The van der Waals surface area contributed by atoms with Crippen LogP contribution in [0.15, 0.2) is 42.0 Å². The molecule has 0 saturated carbocycles. The fourth-order valence-electron chi connectivity index (χ4n) is 2.05. The Morgan fingerprint density at radius 3 is 2.85 bits per heavy atom. The van der Waals surface area contributed by atoms with Crippen LogP contribution in [0, 0.1) is 0 Å². The van der Waals surface area contributed by atoms with Gasteiger partial charge in [0.2, 0.25) is 0 Å². The summed E-state index contributed by atoms with van der Waals surface area (Å²) in [6.07, 6.45) is 4.93. The first-order valence-electron chi connectivity index (χ1n) is 6.65. The molecule has 0 aliphatic heterocycles. The van der Waals surface area contributed by atoms with Gasteiger partial charge >= 0.3 is 0 Å². The Kier molecular flexibility index (Phi) is 3.71. The molecule has 20 heavy (non-hydrogen) atoms. The smallest absolute Gasteiger partial charge is 0.193 e. The average molecular weight is 287 g/mol. The van der Waals surface area contributed by atoms with Crippen LogP contribution < -0.4 is 10.5 Å². The Labute approximate surface area is 121 Å². The Balaban J connectivity index is 1.64. The molecule has 2 N–H and O–H groups in total. The summed E-state index contributed by atoms with van der Waals surface area (Å²) in [6, 6.07) is 8.07. The van der Waals surface area contributed by atoms with Crippen LogP contribution in [0.3, 0.4) is 0 Å². The highest BCUT2D eigenvalue weighted by molar-refractivity contribution is 7.15. The van der Waals surface area contributed by atoms with Gasteiger partial charge in [-0.05, 0) is 24.1 Å². The van der Waals surface area contributed by atoms with Crippen molar-refractivity contribution in [2.24, 2.45) is 5.73 Å². The van der Waals surface area contributed by atoms with Crippen molar-refractivity contribution in [2.45, 2.75) is 26.0 Å². The van der Waals surface area contributed by atoms with E-state index in [0.29, 0.717) is 6.61 Å². The number of rotatable bonds is 5. The molecule has 2 aromatic heterocycles. The Morgan fingerprint density at radius 1 is 1.35 bits per heavy atom. The normalized spacial score (nSPS) is 12.7. The predicted molar refractivity (Wildman–Crippen MR) is 81.1 cm³/mol. The molecule has 104 valence electrons. The molecule has 0 aliphatic carbocycles. The summed E-state index contributed by atoms with van der Waals surface area (Å²) in [4.78, 5) is 5.48. The molecule has 0 amide bonds. The highest BCUT2D eigenvalue weighted by Gasteiger charge is 2.05. The maximum atomic E-state index is 5.99. The number of nitrogens with zero attached hydrogens (tertiary/aromatic N) is 2. The molecule has 0 radical (unpaired) electrons. The molecule has 0 spiro atoms. The van der Waals surface area contributed by atoms with E-state index in [4.69, 9.17) is 10.5 Å². The van der Waals surface area contributed by atoms with E-state index < -0.39 is 0 Å². The van der Waals surface area contributed by atoms with Crippen LogP contribution in [0.4, 0.5) is 0 Å². The van der Waals surface area contributed by atoms with Crippen LogP contribution in [-0.2, 0) is 6.61 Å². The molecule has 1 aromatic carbocycles. The number of benzene rings is 1. The first-order chi connectivity index (χ1) is 9.76. The highest BCUT2D eigenvalue weighted by Crippen LogP contribution is 2.19. The summed E-state index contributed by atoms with van der Waals surface area (Å²) in [6.45, 7) is 2.56. The molecule has 2 heterocycles. The van der Waals surface area contributed by atoms with Crippen LogP contribution in [0.5, 0.6) is 5.75 Å². The van der Waals surface area contributed by atoms with E-state index in [2.05, 4.69) is 11.9 Å². The van der Waals surface area contributed by atoms with E-state index in [9.17, 15) is 0 Å². The summed E-state index contributed by atoms with van der Waals surface area (Å²) < 4.78 is 7.75. The third-order valence-corrected chi connectivity index (χ3v) is 4.05. The summed E-state index contributed by atoms with van der Waals surface area (Å²) in [5.74, 6) is 0.841. The van der Waals surface area contributed by atoms with Crippen molar-refractivity contribution in [3.8, 4) is 5.75 Å². The van der Waals surface area contributed by atoms with Crippen molar-refractivity contribution in [3.05, 3.63) is 53.3 Å². The second-order valence-electron chi connectivity index (χ2n) is 4.70. The third-order valence-electron chi connectivity index (χ3n) is 3.28. The van der Waals surface area contributed by atoms with Crippen LogP contribution >= 0.6 is 11.3 Å². The molecule has 3 rings (SSSR count). The van der Waals surface area contributed by atoms with Gasteiger partial charge in [-0.25, -0.2) is 4.98 Å². The van der Waals surface area contributed by atoms with Gasteiger partial charge in [-0.3, -0.25) is 4.40 Å². The maximum absolute atomic E-state index is 5.99. The summed E-state index contributed by atoms with van der Waals surface area (Å²) in [7, 11) is 0. The van der Waals surface area contributed by atoms with Gasteiger partial charge in [0.05, 0.1) is 5.69 Å². The van der Waals surface area contributed by atoms with E-state index in [1.807, 2.05) is 46.4 Å². The van der Waals surface area contributed by atoms with Gasteiger partial charge in [-0.15, -0.1) is 11.3 Å². The molecule has 0 unspecified atom stereocenters. The standard InChI is InChI=1S/C15H17N3OS/c1-2-14(16)11-3-5-13(6-4-11)19-10-12-9-18-7-8-20-15(18)17-12/h3-9,14H,2,10,16H2,1H3/t14-/m0/s1. The number of ether oxygens (including phenoxy) is 1. The van der Waals surface area contributed by atoms with E-state index in [-0.39, 0.29) is 6.04 Å². The van der Waals surface area contributed by atoms with Gasteiger partial charge in [0.1, 0.15) is 12.4 Å². The Hall–Kier alpha value is -1.85. The minimum Gasteiger partial charge on any atom is -0.487 e. The Bertz CT molecular complexity index is 658. The predicted octanol–water partition coefficient (Wildman–Crippen LogP) is 3.38. The summed E-state index contributed by atoms with van der Waals surface area (Å²) in [5, 5.41) is 2.02. The van der Waals surface area contributed by atoms with E-state index in [1.54, 1.807) is 11.3 Å². The number of hydrogen-bond acceptors (Lipinski definition) is 4. The zero-order valence-electron chi connectivity index (χ0n) is 11.3. The van der Waals surface area contributed by atoms with Gasteiger partial charge in [-0.1, -0.05) is 19.1 Å². The molecule has 5 heteroatoms. The molecular formula is C15H17N3OS. The van der Waals surface area contributed by atoms with Crippen molar-refractivity contribution in [2.75, 3.05) is 0 Å². The highest BCUT2D eigenvalue weighted by atomic mass is 32.1. The van der Waals surface area contributed by atoms with Crippen molar-refractivity contribution < 1.29 is 4.74 Å². The first-order valence-corrected chi connectivity index (χ1v) is 7.53. The number of nitrogens with two attached hydrogens (primary N) is 1. The minimum absolute atomic E-state index is 0.101. The van der Waals surface area contributed by atoms with Crippen molar-refractivity contribution >= 4 is 16.3 Å². The Morgan fingerprint density at radius 2 is 2.15 bits per heavy atom. The number of fused-ring (bicyclic) bond motifs is 1. The lowest BCUT2D eigenvalue weighted by Crippen LogP contribution is -2.08. The van der Waals surface area contributed by atoms with Crippen LogP contribution in [-0.4, -0.2) is 9.38 Å². The number of hydrogen-bond donors (Lipinski definition) is 1. The van der Waals surface area contributed by atoms with Crippen molar-refractivity contribution in [3.63, 3.8) is 0 Å². The zero-order valence-corrected chi connectivity index (χ0v) is 12.1. The molecular weight excluding hydrogens is 270 g/mol. The largest absolute Gasteiger partial charge is 0.487 e. The van der Waals surface area contributed by atoms with Crippen LogP contribution in [0.25, 0.3) is 4.96 Å². The molecule has 3 aromatic rings. The van der Waals surface area contributed by atoms with Crippen LogP contribution in [0.2, 0.25) is 0 Å². The lowest BCUT2D eigenvalue weighted by molar-refractivity contribution is 0.302. The van der Waals surface area contributed by atoms with Gasteiger partial charge < -0.3 is 10.5 Å². The lowest BCUT2D eigenvalue weighted by Gasteiger charge is -2.10. The average Bonchev–Trinajstić information content (AvgIpc) is 3.06. The fourth-order valence-corrected chi connectivity index (χ4v) is 2.77. The molecule has 0 bridgehead atoms. The number of imidazole rings is 1. The second kappa shape index (κ2) is 5.64. The fraction of sp³-hybridized carbons (Fsp3) is 0.267. The quantitative estimate of drug-likeness (QED) is 0.782. The maximum Gasteiger partial charge on any atom is 0.193 e. The SMILES string of the molecule is CC[C@H](N)c1ccc(OCc2cn3ccsc3n2)cc1. The zero-order chi connectivity index (χ0) is 13.9. The molecule has 1 atom stereocenters. The monoisotopic (exact) mass is 287 g/mol.